The number of rotatable bonds is 12. The van der Waals surface area contributed by atoms with E-state index in [0.29, 0.717) is 25.3 Å². The summed E-state index contributed by atoms with van der Waals surface area (Å²) in [7, 11) is 1.68. The summed E-state index contributed by atoms with van der Waals surface area (Å²) in [5.41, 5.74) is 3.28. The number of hydrogen-bond donors (Lipinski definition) is 3. The standard InChI is InChI=1S/C28H35N3O4/c1-34-14-11-29-12-15-35-27-9-8-22-16-24(7-6-23(22)17-27)28(33)30-18-26(32)20-31-13-10-21-4-2-3-5-25(21)19-31/h2-9,16-17,26,29,32H,10-15,18-20H2,1H3,(H,30,33)/t26-/m0/s1. The summed E-state index contributed by atoms with van der Waals surface area (Å²) >= 11 is 0. The fourth-order valence-corrected chi connectivity index (χ4v) is 4.38. The minimum atomic E-state index is -0.617. The first-order valence-electron chi connectivity index (χ1n) is 12.2. The summed E-state index contributed by atoms with van der Waals surface area (Å²) in [5, 5.41) is 18.6. The number of nitrogens with one attached hydrogen (secondary N) is 2. The van der Waals surface area contributed by atoms with E-state index < -0.39 is 6.10 Å². The molecule has 3 N–H and O–H groups in total. The van der Waals surface area contributed by atoms with Crippen LogP contribution in [0.3, 0.4) is 0 Å². The van der Waals surface area contributed by atoms with Gasteiger partial charge in [0.05, 0.1) is 12.7 Å². The Hall–Kier alpha value is -2.97. The van der Waals surface area contributed by atoms with Gasteiger partial charge in [0.2, 0.25) is 0 Å². The maximum absolute atomic E-state index is 12.7. The molecule has 0 spiro atoms. The summed E-state index contributed by atoms with van der Waals surface area (Å²) in [6, 6.07) is 19.9. The molecule has 7 heteroatoms. The van der Waals surface area contributed by atoms with Crippen molar-refractivity contribution in [3.8, 4) is 5.75 Å². The number of nitrogens with zero attached hydrogens (tertiary/aromatic N) is 1. The van der Waals surface area contributed by atoms with Crippen molar-refractivity contribution in [3.63, 3.8) is 0 Å². The second-order valence-electron chi connectivity index (χ2n) is 8.93. The van der Waals surface area contributed by atoms with Crippen molar-refractivity contribution in [2.75, 3.05) is 53.0 Å². The van der Waals surface area contributed by atoms with Crippen LogP contribution in [-0.2, 0) is 17.7 Å². The van der Waals surface area contributed by atoms with E-state index in [0.717, 1.165) is 49.1 Å². The number of methoxy groups -OCH3 is 1. The molecule has 0 saturated heterocycles. The Labute approximate surface area is 207 Å². The highest BCUT2D eigenvalue weighted by Crippen LogP contribution is 2.22. The quantitative estimate of drug-likeness (QED) is 0.348. The fourth-order valence-electron chi connectivity index (χ4n) is 4.38. The van der Waals surface area contributed by atoms with Gasteiger partial charge < -0.3 is 25.2 Å². The van der Waals surface area contributed by atoms with E-state index in [9.17, 15) is 9.90 Å². The lowest BCUT2D eigenvalue weighted by atomic mass is 10.00. The van der Waals surface area contributed by atoms with Gasteiger partial charge in [-0.25, -0.2) is 0 Å². The van der Waals surface area contributed by atoms with Crippen molar-refractivity contribution < 1.29 is 19.4 Å². The number of fused-ring (bicyclic) bond motifs is 2. The van der Waals surface area contributed by atoms with Gasteiger partial charge in [-0.15, -0.1) is 0 Å². The summed E-state index contributed by atoms with van der Waals surface area (Å²) in [6.45, 7) is 5.31. The first kappa shape index (κ1) is 25.1. The average Bonchev–Trinajstić information content (AvgIpc) is 2.89. The lowest BCUT2D eigenvalue weighted by molar-refractivity contribution is 0.0842. The molecule has 1 aliphatic heterocycles. The molecule has 1 aliphatic rings. The number of aliphatic hydroxyl groups excluding tert-OH is 1. The number of benzene rings is 3. The van der Waals surface area contributed by atoms with Crippen LogP contribution in [0.25, 0.3) is 10.8 Å². The third kappa shape index (κ3) is 7.26. The Bertz CT molecular complexity index is 1120. The highest BCUT2D eigenvalue weighted by atomic mass is 16.5. The molecule has 0 aliphatic carbocycles. The van der Waals surface area contributed by atoms with E-state index >= 15 is 0 Å². The molecule has 3 aromatic rings. The molecule has 0 saturated carbocycles. The maximum atomic E-state index is 12.7. The van der Waals surface area contributed by atoms with Crippen LogP contribution in [0.2, 0.25) is 0 Å². The van der Waals surface area contributed by atoms with Crippen LogP contribution in [0.1, 0.15) is 21.5 Å². The molecule has 1 atom stereocenters. The molecule has 1 amide bonds. The number of aliphatic hydroxyl groups is 1. The Morgan fingerprint density at radius 3 is 2.66 bits per heavy atom. The van der Waals surface area contributed by atoms with Crippen LogP contribution in [0, 0.1) is 0 Å². The third-order valence-electron chi connectivity index (χ3n) is 6.28. The topological polar surface area (TPSA) is 83.1 Å². The number of ether oxygens (including phenoxy) is 2. The van der Waals surface area contributed by atoms with Crippen LogP contribution in [0.4, 0.5) is 0 Å². The lowest BCUT2D eigenvalue weighted by Crippen LogP contribution is -2.42. The van der Waals surface area contributed by atoms with E-state index in [1.165, 1.54) is 11.1 Å². The van der Waals surface area contributed by atoms with E-state index in [2.05, 4.69) is 39.8 Å². The van der Waals surface area contributed by atoms with Gasteiger partial charge in [0.15, 0.2) is 0 Å². The molecule has 186 valence electrons. The van der Waals surface area contributed by atoms with Crippen LogP contribution in [-0.4, -0.2) is 75.1 Å². The predicted octanol–water partition coefficient (Wildman–Crippen LogP) is 2.60. The lowest BCUT2D eigenvalue weighted by Gasteiger charge is -2.30. The number of carbonyl (C=O) groups is 1. The van der Waals surface area contributed by atoms with Crippen LogP contribution in [0.5, 0.6) is 5.75 Å². The van der Waals surface area contributed by atoms with Gasteiger partial charge in [-0.05, 0) is 52.6 Å². The Morgan fingerprint density at radius 1 is 1.03 bits per heavy atom. The van der Waals surface area contributed by atoms with Crippen molar-refractivity contribution in [3.05, 3.63) is 77.4 Å². The third-order valence-corrected chi connectivity index (χ3v) is 6.28. The maximum Gasteiger partial charge on any atom is 0.251 e. The van der Waals surface area contributed by atoms with Gasteiger partial charge in [-0.2, -0.15) is 0 Å². The Kier molecular flexibility index (Phi) is 9.08. The van der Waals surface area contributed by atoms with Crippen molar-refractivity contribution in [2.24, 2.45) is 0 Å². The van der Waals surface area contributed by atoms with Crippen LogP contribution < -0.4 is 15.4 Å². The monoisotopic (exact) mass is 477 g/mol. The highest BCUT2D eigenvalue weighted by molar-refractivity contribution is 5.98. The zero-order valence-corrected chi connectivity index (χ0v) is 20.3. The minimum absolute atomic E-state index is 0.183. The van der Waals surface area contributed by atoms with E-state index in [1.807, 2.05) is 36.4 Å². The highest BCUT2D eigenvalue weighted by Gasteiger charge is 2.19. The molecular formula is C28H35N3O4. The van der Waals surface area contributed by atoms with Crippen molar-refractivity contribution in [2.45, 2.75) is 19.1 Å². The average molecular weight is 478 g/mol. The molecule has 0 fully saturated rings. The fraction of sp³-hybridized carbons (Fsp3) is 0.393. The van der Waals surface area contributed by atoms with Crippen molar-refractivity contribution >= 4 is 16.7 Å². The Balaban J connectivity index is 1.24. The van der Waals surface area contributed by atoms with Gasteiger partial charge in [0.1, 0.15) is 12.4 Å². The number of hydrogen-bond acceptors (Lipinski definition) is 6. The molecule has 0 bridgehead atoms. The Morgan fingerprint density at radius 2 is 1.80 bits per heavy atom. The summed E-state index contributed by atoms with van der Waals surface area (Å²) in [4.78, 5) is 14.9. The largest absolute Gasteiger partial charge is 0.492 e. The van der Waals surface area contributed by atoms with Gasteiger partial charge in [-0.1, -0.05) is 36.4 Å². The molecule has 7 nitrogen and oxygen atoms in total. The molecule has 0 unspecified atom stereocenters. The van der Waals surface area contributed by atoms with Crippen LogP contribution in [0.15, 0.2) is 60.7 Å². The van der Waals surface area contributed by atoms with Gasteiger partial charge in [0, 0.05) is 51.9 Å². The van der Waals surface area contributed by atoms with E-state index in [-0.39, 0.29) is 12.5 Å². The van der Waals surface area contributed by atoms with Crippen molar-refractivity contribution in [1.29, 1.82) is 0 Å². The zero-order valence-electron chi connectivity index (χ0n) is 20.3. The molecule has 35 heavy (non-hydrogen) atoms. The van der Waals surface area contributed by atoms with E-state index in [1.54, 1.807) is 7.11 Å². The predicted molar refractivity (Wildman–Crippen MR) is 138 cm³/mol. The summed E-state index contributed by atoms with van der Waals surface area (Å²) in [6.07, 6.45) is 0.373. The number of carbonyl (C=O) groups excluding carboxylic acids is 1. The SMILES string of the molecule is COCCNCCOc1ccc2cc(C(=O)NC[C@H](O)CN3CCc4ccccc4C3)ccc2c1. The van der Waals surface area contributed by atoms with Gasteiger partial charge in [-0.3, -0.25) is 9.69 Å². The molecular weight excluding hydrogens is 442 g/mol. The second-order valence-corrected chi connectivity index (χ2v) is 8.93. The molecule has 0 radical (unpaired) electrons. The van der Waals surface area contributed by atoms with Crippen molar-refractivity contribution in [1.82, 2.24) is 15.5 Å². The van der Waals surface area contributed by atoms with E-state index in [4.69, 9.17) is 9.47 Å². The first-order valence-corrected chi connectivity index (χ1v) is 12.2. The summed E-state index contributed by atoms with van der Waals surface area (Å²) < 4.78 is 10.8. The minimum Gasteiger partial charge on any atom is -0.492 e. The smallest absolute Gasteiger partial charge is 0.251 e. The van der Waals surface area contributed by atoms with Crippen LogP contribution >= 0.6 is 0 Å². The molecule has 3 aromatic carbocycles. The number of amides is 1. The molecule has 0 aromatic heterocycles. The number of β-amino-alcohol motifs (C(OH)–C–C–N with tert-alkyl or cyclic N) is 1. The first-order chi connectivity index (χ1) is 17.1. The van der Waals surface area contributed by atoms with Gasteiger partial charge >= 0.3 is 0 Å². The second kappa shape index (κ2) is 12.7. The molecule has 1 heterocycles. The summed E-state index contributed by atoms with van der Waals surface area (Å²) in [5.74, 6) is 0.615. The van der Waals surface area contributed by atoms with Gasteiger partial charge in [0.25, 0.3) is 5.91 Å². The molecule has 4 rings (SSSR count). The zero-order chi connectivity index (χ0) is 24.5. The normalized spacial score (nSPS) is 14.5.